The molecule has 1 fully saturated rings. The van der Waals surface area contributed by atoms with Crippen LogP contribution in [-0.2, 0) is 6.54 Å². The molecule has 0 bridgehead atoms. The van der Waals surface area contributed by atoms with Gasteiger partial charge in [0.2, 0.25) is 5.95 Å². The van der Waals surface area contributed by atoms with Crippen LogP contribution in [0.2, 0.25) is 0 Å². The van der Waals surface area contributed by atoms with Gasteiger partial charge in [-0.2, -0.15) is 4.98 Å². The number of hydrogen-bond donors (Lipinski definition) is 3. The van der Waals surface area contributed by atoms with Gasteiger partial charge in [0, 0.05) is 31.5 Å². The van der Waals surface area contributed by atoms with Crippen molar-refractivity contribution in [3.8, 4) is 10.6 Å². The highest BCUT2D eigenvalue weighted by atomic mass is 32.1. The summed E-state index contributed by atoms with van der Waals surface area (Å²) in [6.45, 7) is 3.37. The molecule has 174 valence electrons. The zero-order valence-electron chi connectivity index (χ0n) is 19.1. The third-order valence-electron chi connectivity index (χ3n) is 5.84. The first-order valence-electron chi connectivity index (χ1n) is 11.9. The van der Waals surface area contributed by atoms with Crippen molar-refractivity contribution in [2.24, 2.45) is 0 Å². The van der Waals surface area contributed by atoms with Gasteiger partial charge < -0.3 is 16.0 Å². The molecule has 0 aliphatic heterocycles. The molecule has 3 aromatic rings. The van der Waals surface area contributed by atoms with Crippen LogP contribution < -0.4 is 16.0 Å². The summed E-state index contributed by atoms with van der Waals surface area (Å²) in [7, 11) is 0. The second-order valence-corrected chi connectivity index (χ2v) is 9.37. The first-order valence-corrected chi connectivity index (χ1v) is 12.8. The van der Waals surface area contributed by atoms with E-state index >= 15 is 0 Å². The fourth-order valence-electron chi connectivity index (χ4n) is 3.94. The number of nitrogens with zero attached hydrogens (tertiary/aromatic N) is 3. The number of anilines is 2. The van der Waals surface area contributed by atoms with Gasteiger partial charge in [-0.25, -0.2) is 4.98 Å². The third-order valence-corrected chi connectivity index (χ3v) is 6.74. The minimum Gasteiger partial charge on any atom is -0.367 e. The van der Waals surface area contributed by atoms with E-state index in [1.165, 1.54) is 19.3 Å². The molecule has 0 aromatic carbocycles. The van der Waals surface area contributed by atoms with Gasteiger partial charge in [-0.1, -0.05) is 44.7 Å². The lowest BCUT2D eigenvalue weighted by molar-refractivity contribution is 0.0951. The van der Waals surface area contributed by atoms with Gasteiger partial charge in [0.25, 0.3) is 5.91 Å². The number of unbranched alkanes of at least 4 members (excludes halogenated alkanes) is 1. The Morgan fingerprint density at radius 2 is 2.00 bits per heavy atom. The molecule has 3 heterocycles. The minimum atomic E-state index is -0.184. The Morgan fingerprint density at radius 3 is 2.73 bits per heavy atom. The molecule has 1 amide bonds. The fourth-order valence-corrected chi connectivity index (χ4v) is 4.64. The maximum Gasteiger partial charge on any atom is 0.256 e. The van der Waals surface area contributed by atoms with Crippen molar-refractivity contribution in [2.45, 2.75) is 64.5 Å². The van der Waals surface area contributed by atoms with E-state index in [9.17, 15) is 4.79 Å². The molecule has 33 heavy (non-hydrogen) atoms. The van der Waals surface area contributed by atoms with E-state index in [0.717, 1.165) is 48.4 Å². The molecule has 0 atom stereocenters. The van der Waals surface area contributed by atoms with E-state index in [1.807, 2.05) is 29.8 Å². The van der Waals surface area contributed by atoms with Gasteiger partial charge >= 0.3 is 0 Å². The molecule has 7 nitrogen and oxygen atoms in total. The Kier molecular flexibility index (Phi) is 8.24. The molecule has 3 aromatic heterocycles. The number of carbonyl (C=O) groups excluding carboxylic acids is 1. The number of pyridine rings is 1. The predicted molar refractivity (Wildman–Crippen MR) is 135 cm³/mol. The topological polar surface area (TPSA) is 91.8 Å². The van der Waals surface area contributed by atoms with Crippen molar-refractivity contribution in [3.63, 3.8) is 0 Å². The zero-order valence-corrected chi connectivity index (χ0v) is 20.0. The van der Waals surface area contributed by atoms with Crippen LogP contribution in [0.15, 0.2) is 42.0 Å². The second-order valence-electron chi connectivity index (χ2n) is 8.43. The highest BCUT2D eigenvalue weighted by Crippen LogP contribution is 2.24. The number of thiophene rings is 1. The van der Waals surface area contributed by atoms with E-state index in [1.54, 1.807) is 17.5 Å². The fraction of sp³-hybridized carbons (Fsp3) is 0.440. The minimum absolute atomic E-state index is 0.184. The number of rotatable bonds is 10. The average molecular weight is 465 g/mol. The van der Waals surface area contributed by atoms with Crippen LogP contribution in [0.3, 0.4) is 0 Å². The van der Waals surface area contributed by atoms with Crippen LogP contribution in [0.4, 0.5) is 11.8 Å². The molecular formula is C25H32N6OS. The van der Waals surface area contributed by atoms with Gasteiger partial charge in [-0.3, -0.25) is 9.78 Å². The van der Waals surface area contributed by atoms with Crippen molar-refractivity contribution >= 4 is 29.0 Å². The van der Waals surface area contributed by atoms with Crippen LogP contribution in [-0.4, -0.2) is 33.4 Å². The molecule has 0 saturated heterocycles. The number of carbonyl (C=O) groups is 1. The predicted octanol–water partition coefficient (Wildman–Crippen LogP) is 5.49. The smallest absolute Gasteiger partial charge is 0.256 e. The van der Waals surface area contributed by atoms with Crippen molar-refractivity contribution in [2.75, 3.05) is 17.2 Å². The molecule has 0 unspecified atom stereocenters. The van der Waals surface area contributed by atoms with E-state index in [0.29, 0.717) is 29.9 Å². The highest BCUT2D eigenvalue weighted by Gasteiger charge is 2.20. The SMILES string of the molecule is CCCCNc1ncc(C(=O)NCc2ccc(-c3cccs3)nc2)c(NC2CCCCC2)n1. The molecule has 1 aliphatic carbocycles. The summed E-state index contributed by atoms with van der Waals surface area (Å²) in [5, 5.41) is 11.8. The van der Waals surface area contributed by atoms with Crippen LogP contribution >= 0.6 is 11.3 Å². The number of amides is 1. The third kappa shape index (κ3) is 6.51. The molecule has 0 spiro atoms. The van der Waals surface area contributed by atoms with Crippen LogP contribution in [0, 0.1) is 0 Å². The summed E-state index contributed by atoms with van der Waals surface area (Å²) >= 11 is 1.66. The lowest BCUT2D eigenvalue weighted by Gasteiger charge is -2.24. The van der Waals surface area contributed by atoms with Gasteiger partial charge in [-0.05, 0) is 42.3 Å². The van der Waals surface area contributed by atoms with E-state index in [2.05, 4.69) is 43.9 Å². The Labute approximate surface area is 199 Å². The summed E-state index contributed by atoms with van der Waals surface area (Å²) < 4.78 is 0. The summed E-state index contributed by atoms with van der Waals surface area (Å²) in [5.41, 5.74) is 2.37. The first kappa shape index (κ1) is 23.2. The van der Waals surface area contributed by atoms with Crippen molar-refractivity contribution in [1.82, 2.24) is 20.3 Å². The highest BCUT2D eigenvalue weighted by molar-refractivity contribution is 7.13. The second kappa shape index (κ2) is 11.7. The number of hydrogen-bond acceptors (Lipinski definition) is 7. The number of nitrogens with one attached hydrogen (secondary N) is 3. The Balaban J connectivity index is 1.43. The maximum atomic E-state index is 13.0. The van der Waals surface area contributed by atoms with Crippen molar-refractivity contribution < 1.29 is 4.79 Å². The first-order chi connectivity index (χ1) is 16.2. The summed E-state index contributed by atoms with van der Waals surface area (Å²) in [5.74, 6) is 0.988. The van der Waals surface area contributed by atoms with Crippen molar-refractivity contribution in [3.05, 3.63) is 53.2 Å². The lowest BCUT2D eigenvalue weighted by Crippen LogP contribution is -2.28. The van der Waals surface area contributed by atoms with Crippen molar-refractivity contribution in [1.29, 1.82) is 0 Å². The Morgan fingerprint density at radius 1 is 1.12 bits per heavy atom. The summed E-state index contributed by atoms with van der Waals surface area (Å²) in [6.07, 6.45) is 11.5. The summed E-state index contributed by atoms with van der Waals surface area (Å²) in [4.78, 5) is 27.7. The van der Waals surface area contributed by atoms with E-state index in [4.69, 9.17) is 0 Å². The van der Waals surface area contributed by atoms with Crippen LogP contribution in [0.5, 0.6) is 0 Å². The zero-order chi connectivity index (χ0) is 22.9. The normalized spacial score (nSPS) is 14.1. The maximum absolute atomic E-state index is 13.0. The Hall–Kier alpha value is -3.00. The lowest BCUT2D eigenvalue weighted by atomic mass is 9.95. The van der Waals surface area contributed by atoms with Gasteiger partial charge in [-0.15, -0.1) is 11.3 Å². The molecule has 3 N–H and O–H groups in total. The van der Waals surface area contributed by atoms with Gasteiger partial charge in [0.1, 0.15) is 11.4 Å². The molecule has 8 heteroatoms. The summed E-state index contributed by atoms with van der Waals surface area (Å²) in [6, 6.07) is 8.40. The van der Waals surface area contributed by atoms with E-state index < -0.39 is 0 Å². The molecule has 0 radical (unpaired) electrons. The molecule has 1 aliphatic rings. The van der Waals surface area contributed by atoms with Gasteiger partial charge in [0.15, 0.2) is 0 Å². The molecule has 4 rings (SSSR count). The monoisotopic (exact) mass is 464 g/mol. The number of aromatic nitrogens is 3. The average Bonchev–Trinajstić information content (AvgIpc) is 3.39. The van der Waals surface area contributed by atoms with Crippen LogP contribution in [0.25, 0.3) is 10.6 Å². The largest absolute Gasteiger partial charge is 0.367 e. The van der Waals surface area contributed by atoms with Crippen LogP contribution in [0.1, 0.15) is 67.8 Å². The quantitative estimate of drug-likeness (QED) is 0.344. The molecular weight excluding hydrogens is 432 g/mol. The molecule has 1 saturated carbocycles. The Bertz CT molecular complexity index is 1020. The van der Waals surface area contributed by atoms with E-state index in [-0.39, 0.29) is 5.91 Å². The van der Waals surface area contributed by atoms with Gasteiger partial charge in [0.05, 0.1) is 10.6 Å². The standard InChI is InChI=1S/C25H32N6OS/c1-2-3-13-26-25-29-17-20(23(31-25)30-19-8-5-4-6-9-19)24(32)28-16-18-11-12-21(27-15-18)22-10-7-14-33-22/h7,10-12,14-15,17,19H,2-6,8-9,13,16H2,1H3,(H,28,32)(H2,26,29,30,31).